The molecule has 1 aliphatic heterocycles. The molecule has 0 N–H and O–H groups in total. The van der Waals surface area contributed by atoms with Gasteiger partial charge in [-0.05, 0) is 85.8 Å². The lowest BCUT2D eigenvalue weighted by Crippen LogP contribution is -2.39. The van der Waals surface area contributed by atoms with Crippen molar-refractivity contribution in [2.75, 3.05) is 0 Å². The predicted octanol–water partition coefficient (Wildman–Crippen LogP) is 6.90. The van der Waals surface area contributed by atoms with Crippen LogP contribution in [0.5, 0.6) is 0 Å². The van der Waals surface area contributed by atoms with Gasteiger partial charge >= 0.3 is 6.09 Å². The van der Waals surface area contributed by atoms with Gasteiger partial charge < -0.3 is 4.74 Å². The molecule has 5 nitrogen and oxygen atoms in total. The summed E-state index contributed by atoms with van der Waals surface area (Å²) in [6.07, 6.45) is 3.36. The van der Waals surface area contributed by atoms with E-state index in [1.54, 1.807) is 0 Å². The molecule has 1 saturated carbocycles. The molecule has 2 amide bonds. The summed E-state index contributed by atoms with van der Waals surface area (Å²) in [5.41, 5.74) is 4.51. The van der Waals surface area contributed by atoms with Crippen LogP contribution in [0, 0.1) is 11.8 Å². The van der Waals surface area contributed by atoms with Crippen LogP contribution in [-0.2, 0) is 27.2 Å². The Bertz CT molecular complexity index is 1220. The minimum absolute atomic E-state index is 0.134. The van der Waals surface area contributed by atoms with Gasteiger partial charge in [0.05, 0.1) is 6.04 Å². The number of imide groups is 1. The molecule has 4 unspecified atom stereocenters. The molecule has 7 heteroatoms. The Balaban J connectivity index is 0.000000156. The van der Waals surface area contributed by atoms with E-state index in [9.17, 15) is 14.4 Å². The molecule has 0 aromatic heterocycles. The van der Waals surface area contributed by atoms with Gasteiger partial charge in [-0.3, -0.25) is 9.59 Å². The second kappa shape index (κ2) is 9.15. The highest BCUT2D eigenvalue weighted by Gasteiger charge is 2.50. The third-order valence-corrected chi connectivity index (χ3v) is 8.97. The van der Waals surface area contributed by atoms with E-state index in [0.717, 1.165) is 35.7 Å². The Morgan fingerprint density at radius 1 is 0.857 bits per heavy atom. The first kappa shape index (κ1) is 24.7. The van der Waals surface area contributed by atoms with Crippen molar-refractivity contribution in [1.82, 2.24) is 4.90 Å². The van der Waals surface area contributed by atoms with E-state index in [0.29, 0.717) is 24.0 Å². The molecule has 3 aliphatic carbocycles. The maximum absolute atomic E-state index is 12.4. The summed E-state index contributed by atoms with van der Waals surface area (Å²) < 4.78 is 7.67. The number of carbonyl (C=O) groups is 3. The van der Waals surface area contributed by atoms with E-state index in [1.807, 2.05) is 39.0 Å². The number of rotatable bonds is 0. The van der Waals surface area contributed by atoms with Crippen molar-refractivity contribution in [3.8, 4) is 0 Å². The molecule has 0 radical (unpaired) electrons. The second-order valence-electron chi connectivity index (χ2n) is 11.0. The van der Waals surface area contributed by atoms with Crippen molar-refractivity contribution in [3.05, 3.63) is 67.6 Å². The molecule has 2 aromatic rings. The number of Topliss-reactive ketones (excluding diaryl/α,β-unsaturated/α-hetero) is 1. The lowest BCUT2D eigenvalue weighted by Gasteiger charge is -2.27. The van der Waals surface area contributed by atoms with E-state index in [4.69, 9.17) is 4.74 Å². The van der Waals surface area contributed by atoms with Crippen LogP contribution in [0.2, 0.25) is 0 Å². The Hall–Kier alpha value is -1.99. The standard InChI is InChI=1S/C16H18BrNO3.C12H11BrO/c1-16(2,3)21-15(20)18-13(19)8-9-7-11-10(14(9)18)5-4-6-12(11)17;13-12-3-1-2-9-10-6-8(14)4-7(10)5-11(9)12/h4-6,9,14H,7-8H2,1-3H3;1-3,7,10H,4-6H2. The molecular formula is C28H29Br2NO4. The largest absolute Gasteiger partial charge is 0.443 e. The van der Waals surface area contributed by atoms with Crippen LogP contribution in [0.4, 0.5) is 4.79 Å². The molecule has 35 heavy (non-hydrogen) atoms. The number of likely N-dealkylation sites (tertiary alicyclic amines) is 1. The number of ether oxygens (including phenoxy) is 1. The van der Waals surface area contributed by atoms with E-state index in [2.05, 4.69) is 50.1 Å². The topological polar surface area (TPSA) is 63.7 Å². The maximum Gasteiger partial charge on any atom is 0.417 e. The highest BCUT2D eigenvalue weighted by atomic mass is 79.9. The molecule has 1 heterocycles. The van der Waals surface area contributed by atoms with Crippen LogP contribution in [0.1, 0.15) is 74.2 Å². The first-order valence-electron chi connectivity index (χ1n) is 12.1. The molecular weight excluding hydrogens is 574 g/mol. The zero-order valence-corrected chi connectivity index (χ0v) is 23.3. The third-order valence-electron chi connectivity index (χ3n) is 7.49. The van der Waals surface area contributed by atoms with Crippen LogP contribution in [0.3, 0.4) is 0 Å². The monoisotopic (exact) mass is 601 g/mol. The summed E-state index contributed by atoms with van der Waals surface area (Å²) in [7, 11) is 0. The molecule has 4 aliphatic rings. The van der Waals surface area contributed by atoms with Gasteiger partial charge in [-0.25, -0.2) is 9.69 Å². The number of amides is 2. The Morgan fingerprint density at radius 3 is 2.11 bits per heavy atom. The van der Waals surface area contributed by atoms with Crippen molar-refractivity contribution >= 4 is 49.6 Å². The van der Waals surface area contributed by atoms with Gasteiger partial charge in [0.2, 0.25) is 5.91 Å². The third kappa shape index (κ3) is 4.62. The fourth-order valence-corrected chi connectivity index (χ4v) is 7.23. The van der Waals surface area contributed by atoms with Crippen molar-refractivity contribution in [2.24, 2.45) is 11.8 Å². The number of hydrogen-bond acceptors (Lipinski definition) is 4. The van der Waals surface area contributed by atoms with Gasteiger partial charge in [-0.2, -0.15) is 0 Å². The lowest BCUT2D eigenvalue weighted by molar-refractivity contribution is -0.128. The van der Waals surface area contributed by atoms with Crippen LogP contribution in [-0.4, -0.2) is 28.3 Å². The molecule has 1 saturated heterocycles. The highest BCUT2D eigenvalue weighted by Crippen LogP contribution is 2.50. The van der Waals surface area contributed by atoms with Crippen LogP contribution in [0.25, 0.3) is 0 Å². The second-order valence-corrected chi connectivity index (χ2v) is 12.7. The van der Waals surface area contributed by atoms with Crippen molar-refractivity contribution in [3.63, 3.8) is 0 Å². The van der Waals surface area contributed by atoms with Crippen LogP contribution >= 0.6 is 31.9 Å². The van der Waals surface area contributed by atoms with Crippen molar-refractivity contribution < 1.29 is 19.1 Å². The average Bonchev–Trinajstić information content (AvgIpc) is 3.47. The minimum Gasteiger partial charge on any atom is -0.443 e. The number of nitrogens with zero attached hydrogens (tertiary/aromatic N) is 1. The molecule has 4 atom stereocenters. The van der Waals surface area contributed by atoms with Gasteiger partial charge in [-0.1, -0.05) is 56.1 Å². The van der Waals surface area contributed by atoms with E-state index in [-0.39, 0.29) is 17.9 Å². The van der Waals surface area contributed by atoms with Crippen molar-refractivity contribution in [2.45, 2.75) is 70.4 Å². The SMILES string of the molecule is CC(C)(C)OC(=O)N1C(=O)CC2Cc3c(Br)cccc3C21.O=C1CC2Cc3c(Br)cccc3C2C1. The van der Waals surface area contributed by atoms with Crippen LogP contribution in [0.15, 0.2) is 45.3 Å². The maximum atomic E-state index is 12.4. The van der Waals surface area contributed by atoms with Crippen molar-refractivity contribution in [1.29, 1.82) is 0 Å². The first-order valence-corrected chi connectivity index (χ1v) is 13.7. The number of ketones is 1. The molecule has 0 bridgehead atoms. The molecule has 184 valence electrons. The first-order chi connectivity index (χ1) is 16.5. The number of fused-ring (bicyclic) bond motifs is 6. The summed E-state index contributed by atoms with van der Waals surface area (Å²) in [6, 6.07) is 12.1. The van der Waals surface area contributed by atoms with E-state index in [1.165, 1.54) is 26.1 Å². The Kier molecular flexibility index (Phi) is 6.45. The zero-order chi connectivity index (χ0) is 25.1. The number of benzene rings is 2. The molecule has 6 rings (SSSR count). The average molecular weight is 603 g/mol. The fourth-order valence-electron chi connectivity index (χ4n) is 6.14. The fraction of sp³-hybridized carbons (Fsp3) is 0.464. The number of carbonyl (C=O) groups excluding carboxylic acids is 3. The van der Waals surface area contributed by atoms with E-state index < -0.39 is 11.7 Å². The number of halogens is 2. The smallest absolute Gasteiger partial charge is 0.417 e. The Morgan fingerprint density at radius 2 is 1.46 bits per heavy atom. The molecule has 2 aromatic carbocycles. The minimum atomic E-state index is -0.603. The van der Waals surface area contributed by atoms with Gasteiger partial charge in [0, 0.05) is 28.2 Å². The number of hydrogen-bond donors (Lipinski definition) is 0. The molecule has 0 spiro atoms. The summed E-state index contributed by atoms with van der Waals surface area (Å²) in [5.74, 6) is 1.60. The summed E-state index contributed by atoms with van der Waals surface area (Å²) >= 11 is 7.14. The predicted molar refractivity (Wildman–Crippen MR) is 140 cm³/mol. The quantitative estimate of drug-likeness (QED) is 0.329. The zero-order valence-electron chi connectivity index (χ0n) is 20.1. The molecule has 2 fully saturated rings. The summed E-state index contributed by atoms with van der Waals surface area (Å²) in [6.45, 7) is 5.42. The van der Waals surface area contributed by atoms with Crippen LogP contribution < -0.4 is 0 Å². The van der Waals surface area contributed by atoms with Gasteiger partial charge in [0.25, 0.3) is 0 Å². The van der Waals surface area contributed by atoms with Gasteiger partial charge in [0.1, 0.15) is 11.4 Å². The Labute approximate surface area is 222 Å². The lowest BCUT2D eigenvalue weighted by atomic mass is 9.97. The van der Waals surface area contributed by atoms with E-state index >= 15 is 0 Å². The summed E-state index contributed by atoms with van der Waals surface area (Å²) in [5, 5.41) is 0. The van der Waals surface area contributed by atoms with Gasteiger partial charge in [-0.15, -0.1) is 0 Å². The normalized spacial score (nSPS) is 26.0. The summed E-state index contributed by atoms with van der Waals surface area (Å²) in [4.78, 5) is 37.3. The highest BCUT2D eigenvalue weighted by molar-refractivity contribution is 9.10. The van der Waals surface area contributed by atoms with Gasteiger partial charge in [0.15, 0.2) is 0 Å².